The van der Waals surface area contributed by atoms with E-state index in [0.29, 0.717) is 13.2 Å². The van der Waals surface area contributed by atoms with Gasteiger partial charge in [0, 0.05) is 0 Å². The second-order valence-corrected chi connectivity index (χ2v) is 3.21. The van der Waals surface area contributed by atoms with Crippen molar-refractivity contribution in [2.75, 3.05) is 6.61 Å². The lowest BCUT2D eigenvalue weighted by Gasteiger charge is -2.20. The fourth-order valence-corrected chi connectivity index (χ4v) is 1.64. The quantitative estimate of drug-likeness (QED) is 0.541. The molecule has 1 aliphatic heterocycles. The smallest absolute Gasteiger partial charge is 0.0822 e. The Labute approximate surface area is 70.9 Å². The zero-order valence-electron chi connectivity index (χ0n) is 6.09. The van der Waals surface area contributed by atoms with Gasteiger partial charge in [-0.05, 0) is 11.1 Å². The summed E-state index contributed by atoms with van der Waals surface area (Å²) in [6, 6.07) is 8.15. The number of rotatable bonds is 0. The normalized spacial score (nSPS) is 22.8. The molecule has 0 aromatic heterocycles. The van der Waals surface area contributed by atoms with E-state index >= 15 is 0 Å². The zero-order chi connectivity index (χ0) is 7.68. The maximum absolute atomic E-state index is 6.02. The highest BCUT2D eigenvalue weighted by Gasteiger charge is 2.16. The fourth-order valence-electron chi connectivity index (χ4n) is 1.33. The van der Waals surface area contributed by atoms with Gasteiger partial charge < -0.3 is 4.74 Å². The first-order valence-electron chi connectivity index (χ1n) is 3.67. The second-order valence-electron chi connectivity index (χ2n) is 2.68. The lowest BCUT2D eigenvalue weighted by molar-refractivity contribution is 0.107. The number of fused-ring (bicyclic) bond motifs is 1. The van der Waals surface area contributed by atoms with Crippen molar-refractivity contribution in [1.29, 1.82) is 0 Å². The molecule has 0 unspecified atom stereocenters. The van der Waals surface area contributed by atoms with Crippen molar-refractivity contribution in [3.05, 3.63) is 35.4 Å². The first-order chi connectivity index (χ1) is 5.38. The summed E-state index contributed by atoms with van der Waals surface area (Å²) in [6.45, 7) is 1.35. The molecular weight excluding hydrogens is 160 g/mol. The molecule has 0 bridgehead atoms. The first-order valence-corrected chi connectivity index (χ1v) is 4.11. The van der Waals surface area contributed by atoms with E-state index in [-0.39, 0.29) is 5.38 Å². The van der Waals surface area contributed by atoms with Crippen LogP contribution >= 0.6 is 11.6 Å². The third kappa shape index (κ3) is 1.26. The van der Waals surface area contributed by atoms with E-state index in [1.165, 1.54) is 11.1 Å². The molecule has 0 saturated carbocycles. The van der Waals surface area contributed by atoms with Crippen LogP contribution in [0.25, 0.3) is 0 Å². The Balaban J connectivity index is 2.44. The number of halogens is 1. The summed E-state index contributed by atoms with van der Waals surface area (Å²) < 4.78 is 5.28. The summed E-state index contributed by atoms with van der Waals surface area (Å²) in [6.07, 6.45) is 0. The molecule has 0 N–H and O–H groups in total. The summed E-state index contributed by atoms with van der Waals surface area (Å²) in [4.78, 5) is 0. The van der Waals surface area contributed by atoms with Crippen LogP contribution in [0.5, 0.6) is 0 Å². The monoisotopic (exact) mass is 168 g/mol. The lowest BCUT2D eigenvalue weighted by atomic mass is 10.0. The maximum Gasteiger partial charge on any atom is 0.0822 e. The standard InChI is InChI=1S/C9H9ClO/c10-9-6-11-5-7-3-1-2-4-8(7)9/h1-4,9H,5-6H2/t9-/m1/s1. The maximum atomic E-state index is 6.02. The van der Waals surface area contributed by atoms with E-state index in [4.69, 9.17) is 16.3 Å². The molecule has 1 heterocycles. The number of hydrogen-bond acceptors (Lipinski definition) is 1. The Hall–Kier alpha value is -0.530. The van der Waals surface area contributed by atoms with Crippen molar-refractivity contribution < 1.29 is 4.74 Å². The summed E-state index contributed by atoms with van der Waals surface area (Å²) in [7, 11) is 0. The van der Waals surface area contributed by atoms with Gasteiger partial charge >= 0.3 is 0 Å². The van der Waals surface area contributed by atoms with Crippen LogP contribution in [0.3, 0.4) is 0 Å². The molecule has 2 rings (SSSR count). The molecular formula is C9H9ClO. The van der Waals surface area contributed by atoms with Crippen molar-refractivity contribution in [3.63, 3.8) is 0 Å². The Morgan fingerprint density at radius 1 is 1.36 bits per heavy atom. The van der Waals surface area contributed by atoms with E-state index in [1.54, 1.807) is 0 Å². The number of hydrogen-bond donors (Lipinski definition) is 0. The van der Waals surface area contributed by atoms with E-state index < -0.39 is 0 Å². The van der Waals surface area contributed by atoms with Crippen LogP contribution in [-0.2, 0) is 11.3 Å². The van der Waals surface area contributed by atoms with Crippen molar-refractivity contribution in [2.24, 2.45) is 0 Å². The van der Waals surface area contributed by atoms with Gasteiger partial charge in [0.2, 0.25) is 0 Å². The highest BCUT2D eigenvalue weighted by atomic mass is 35.5. The molecule has 0 aliphatic carbocycles. The Morgan fingerprint density at radius 3 is 3.00 bits per heavy atom. The Bertz CT molecular complexity index is 259. The second kappa shape index (κ2) is 2.84. The molecule has 1 aromatic rings. The van der Waals surface area contributed by atoms with E-state index in [0.717, 1.165) is 0 Å². The number of alkyl halides is 1. The largest absolute Gasteiger partial charge is 0.375 e. The molecule has 1 nitrogen and oxygen atoms in total. The van der Waals surface area contributed by atoms with Gasteiger partial charge in [0.1, 0.15) is 0 Å². The van der Waals surface area contributed by atoms with E-state index in [2.05, 4.69) is 12.1 Å². The zero-order valence-corrected chi connectivity index (χ0v) is 6.84. The summed E-state index contributed by atoms with van der Waals surface area (Å²) >= 11 is 6.02. The summed E-state index contributed by atoms with van der Waals surface area (Å²) in [5.74, 6) is 0. The van der Waals surface area contributed by atoms with Crippen molar-refractivity contribution in [3.8, 4) is 0 Å². The molecule has 0 spiro atoms. The van der Waals surface area contributed by atoms with Crippen LogP contribution in [0.4, 0.5) is 0 Å². The summed E-state index contributed by atoms with van der Waals surface area (Å²) in [5, 5.41) is 0.0416. The average Bonchev–Trinajstić information content (AvgIpc) is 2.06. The minimum absolute atomic E-state index is 0.0416. The Morgan fingerprint density at radius 2 is 2.18 bits per heavy atom. The van der Waals surface area contributed by atoms with Gasteiger partial charge in [-0.25, -0.2) is 0 Å². The van der Waals surface area contributed by atoms with E-state index in [9.17, 15) is 0 Å². The van der Waals surface area contributed by atoms with Gasteiger partial charge in [-0.1, -0.05) is 24.3 Å². The number of benzene rings is 1. The van der Waals surface area contributed by atoms with Crippen molar-refractivity contribution in [2.45, 2.75) is 12.0 Å². The van der Waals surface area contributed by atoms with Crippen LogP contribution in [0.1, 0.15) is 16.5 Å². The molecule has 1 aromatic carbocycles. The molecule has 58 valence electrons. The van der Waals surface area contributed by atoms with Crippen LogP contribution in [0.2, 0.25) is 0 Å². The van der Waals surface area contributed by atoms with Crippen molar-refractivity contribution in [1.82, 2.24) is 0 Å². The molecule has 11 heavy (non-hydrogen) atoms. The first kappa shape index (κ1) is 7.14. The highest BCUT2D eigenvalue weighted by Crippen LogP contribution is 2.28. The number of ether oxygens (including phenoxy) is 1. The minimum atomic E-state index is 0.0416. The lowest BCUT2D eigenvalue weighted by Crippen LogP contribution is -2.11. The summed E-state index contributed by atoms with van der Waals surface area (Å²) in [5.41, 5.74) is 2.44. The van der Waals surface area contributed by atoms with Crippen LogP contribution in [0, 0.1) is 0 Å². The van der Waals surface area contributed by atoms with Gasteiger partial charge in [-0.3, -0.25) is 0 Å². The molecule has 0 saturated heterocycles. The van der Waals surface area contributed by atoms with Crippen molar-refractivity contribution >= 4 is 11.6 Å². The molecule has 2 heteroatoms. The molecule has 0 fully saturated rings. The van der Waals surface area contributed by atoms with Gasteiger partial charge in [0.15, 0.2) is 0 Å². The Kier molecular flexibility index (Phi) is 1.84. The molecule has 0 amide bonds. The molecule has 0 radical (unpaired) electrons. The van der Waals surface area contributed by atoms with Gasteiger partial charge in [-0.2, -0.15) is 0 Å². The SMILES string of the molecule is Cl[C@@H]1COCc2ccccc21. The average molecular weight is 169 g/mol. The van der Waals surface area contributed by atoms with Crippen LogP contribution in [0.15, 0.2) is 24.3 Å². The molecule has 1 atom stereocenters. The third-order valence-corrected chi connectivity index (χ3v) is 2.28. The minimum Gasteiger partial charge on any atom is -0.375 e. The van der Waals surface area contributed by atoms with E-state index in [1.807, 2.05) is 12.1 Å². The molecule has 1 aliphatic rings. The highest BCUT2D eigenvalue weighted by molar-refractivity contribution is 6.21. The van der Waals surface area contributed by atoms with Gasteiger partial charge in [-0.15, -0.1) is 11.6 Å². The fraction of sp³-hybridized carbons (Fsp3) is 0.333. The van der Waals surface area contributed by atoms with Crippen LogP contribution in [-0.4, -0.2) is 6.61 Å². The van der Waals surface area contributed by atoms with Crippen LogP contribution < -0.4 is 0 Å². The predicted molar refractivity (Wildman–Crippen MR) is 44.7 cm³/mol. The topological polar surface area (TPSA) is 9.23 Å². The third-order valence-electron chi connectivity index (χ3n) is 1.91. The van der Waals surface area contributed by atoms with Gasteiger partial charge in [0.05, 0.1) is 18.6 Å². The predicted octanol–water partition coefficient (Wildman–Crippen LogP) is 2.50. The van der Waals surface area contributed by atoms with Gasteiger partial charge in [0.25, 0.3) is 0 Å².